The fourth-order valence-corrected chi connectivity index (χ4v) is 2.38. The van der Waals surface area contributed by atoms with Crippen molar-refractivity contribution >= 4 is 11.8 Å². The van der Waals surface area contributed by atoms with Crippen LogP contribution in [-0.4, -0.2) is 29.8 Å². The molecule has 1 aliphatic heterocycles. The molecule has 2 aliphatic rings. The first-order valence-corrected chi connectivity index (χ1v) is 5.92. The summed E-state index contributed by atoms with van der Waals surface area (Å²) in [6.45, 7) is 5.74. The Morgan fingerprint density at radius 1 is 1.18 bits per heavy atom. The van der Waals surface area contributed by atoms with Crippen molar-refractivity contribution in [2.45, 2.75) is 13.8 Å². The quantitative estimate of drug-likeness (QED) is 0.733. The number of hydrogen-bond acceptors (Lipinski definition) is 3. The third kappa shape index (κ3) is 1.92. The van der Waals surface area contributed by atoms with Gasteiger partial charge in [-0.25, -0.2) is 0 Å². The molecule has 1 saturated heterocycles. The smallest absolute Gasteiger partial charge is 0.248 e. The molecule has 0 aromatic rings. The Morgan fingerprint density at radius 3 is 2.47 bits per heavy atom. The zero-order valence-corrected chi connectivity index (χ0v) is 10.1. The lowest BCUT2D eigenvalue weighted by molar-refractivity contribution is -0.140. The molecule has 1 aliphatic carbocycles. The zero-order chi connectivity index (χ0) is 12.4. The summed E-state index contributed by atoms with van der Waals surface area (Å²) in [6.07, 6.45) is 5.56. The van der Waals surface area contributed by atoms with Crippen LogP contribution in [0, 0.1) is 11.8 Å². The largest absolute Gasteiger partial charge is 0.375 e. The number of fused-ring (bicyclic) bond motifs is 1. The van der Waals surface area contributed by atoms with Gasteiger partial charge in [-0.3, -0.25) is 20.4 Å². The second-order valence-electron chi connectivity index (χ2n) is 4.13. The number of nitrogens with zero attached hydrogens (tertiary/aromatic N) is 1. The van der Waals surface area contributed by atoms with Gasteiger partial charge in [0.2, 0.25) is 11.8 Å². The van der Waals surface area contributed by atoms with Crippen molar-refractivity contribution in [1.29, 1.82) is 0 Å². The molecule has 0 bridgehead atoms. The fourth-order valence-electron chi connectivity index (χ4n) is 2.38. The van der Waals surface area contributed by atoms with E-state index in [0.717, 1.165) is 18.8 Å². The van der Waals surface area contributed by atoms with Gasteiger partial charge in [-0.2, -0.15) is 0 Å². The second kappa shape index (κ2) is 4.61. The molecule has 0 spiro atoms. The summed E-state index contributed by atoms with van der Waals surface area (Å²) in [6, 6.07) is 0. The van der Waals surface area contributed by atoms with Crippen LogP contribution in [-0.2, 0) is 9.59 Å². The molecule has 1 fully saturated rings. The van der Waals surface area contributed by atoms with Crippen LogP contribution in [0.25, 0.3) is 0 Å². The highest BCUT2D eigenvalue weighted by molar-refractivity contribution is 5.96. The third-order valence-electron chi connectivity index (χ3n) is 3.29. The number of nitrogens with one attached hydrogen (secondary N) is 2. The van der Waals surface area contributed by atoms with E-state index in [1.54, 1.807) is 6.08 Å². The molecule has 1 heterocycles. The van der Waals surface area contributed by atoms with Crippen molar-refractivity contribution in [3.8, 4) is 0 Å². The Morgan fingerprint density at radius 2 is 1.82 bits per heavy atom. The van der Waals surface area contributed by atoms with E-state index in [2.05, 4.69) is 15.8 Å². The van der Waals surface area contributed by atoms with E-state index >= 15 is 0 Å². The van der Waals surface area contributed by atoms with Crippen LogP contribution < -0.4 is 10.9 Å². The molecule has 2 atom stereocenters. The molecule has 0 aromatic heterocycles. The number of amides is 2. The van der Waals surface area contributed by atoms with Crippen LogP contribution in [0.5, 0.6) is 0 Å². The van der Waals surface area contributed by atoms with Gasteiger partial charge in [-0.05, 0) is 19.9 Å². The minimum absolute atomic E-state index is 0.142. The molecule has 5 nitrogen and oxygen atoms in total. The summed E-state index contributed by atoms with van der Waals surface area (Å²) in [4.78, 5) is 25.7. The van der Waals surface area contributed by atoms with E-state index in [1.807, 2.05) is 26.0 Å². The lowest BCUT2D eigenvalue weighted by Crippen LogP contribution is -2.57. The average molecular weight is 235 g/mol. The first kappa shape index (κ1) is 11.7. The van der Waals surface area contributed by atoms with Crippen molar-refractivity contribution in [2.24, 2.45) is 11.8 Å². The van der Waals surface area contributed by atoms with Crippen LogP contribution in [0.2, 0.25) is 0 Å². The minimum atomic E-state index is -0.395. The Bertz CT molecular complexity index is 397. The first-order chi connectivity index (χ1) is 8.19. The van der Waals surface area contributed by atoms with Crippen molar-refractivity contribution in [3.63, 3.8) is 0 Å². The van der Waals surface area contributed by atoms with Gasteiger partial charge in [0, 0.05) is 18.8 Å². The number of carbonyl (C=O) groups excluding carboxylic acids is 2. The minimum Gasteiger partial charge on any atom is -0.375 e. The molecule has 17 heavy (non-hydrogen) atoms. The summed E-state index contributed by atoms with van der Waals surface area (Å²) in [5.74, 6) is -1.07. The van der Waals surface area contributed by atoms with E-state index in [4.69, 9.17) is 0 Å². The predicted octanol–water partition coefficient (Wildman–Crippen LogP) is 0.175. The van der Waals surface area contributed by atoms with Gasteiger partial charge in [-0.1, -0.05) is 12.2 Å². The maximum Gasteiger partial charge on any atom is 0.248 e. The van der Waals surface area contributed by atoms with Crippen molar-refractivity contribution in [1.82, 2.24) is 15.8 Å². The second-order valence-corrected chi connectivity index (χ2v) is 4.13. The Labute approximate surface area is 101 Å². The summed E-state index contributed by atoms with van der Waals surface area (Å²) in [5.41, 5.74) is 5.74. The maximum absolute atomic E-state index is 11.9. The highest BCUT2D eigenvalue weighted by Gasteiger charge is 2.41. The number of hydrazine groups is 1. The SMILES string of the molecule is CCN(CC)C1=CC=CC2C(=O)NNC(=O)C12. The maximum atomic E-state index is 11.9. The van der Waals surface area contributed by atoms with Crippen LogP contribution in [0.15, 0.2) is 23.9 Å². The molecule has 0 aromatic carbocycles. The molecule has 0 radical (unpaired) electrons. The highest BCUT2D eigenvalue weighted by Crippen LogP contribution is 2.30. The van der Waals surface area contributed by atoms with E-state index in [-0.39, 0.29) is 17.7 Å². The molecule has 2 rings (SSSR count). The Hall–Kier alpha value is -1.78. The normalized spacial score (nSPS) is 26.8. The monoisotopic (exact) mass is 235 g/mol. The van der Waals surface area contributed by atoms with Gasteiger partial charge in [0.05, 0.1) is 11.8 Å². The Kier molecular flexibility index (Phi) is 3.17. The molecule has 92 valence electrons. The number of allylic oxidation sites excluding steroid dienone is 2. The van der Waals surface area contributed by atoms with Crippen molar-refractivity contribution < 1.29 is 9.59 Å². The average Bonchev–Trinajstić information content (AvgIpc) is 2.35. The Balaban J connectivity index is 2.33. The van der Waals surface area contributed by atoms with Gasteiger partial charge >= 0.3 is 0 Å². The molecular weight excluding hydrogens is 218 g/mol. The van der Waals surface area contributed by atoms with Crippen LogP contribution >= 0.6 is 0 Å². The zero-order valence-electron chi connectivity index (χ0n) is 10.1. The van der Waals surface area contributed by atoms with Gasteiger partial charge < -0.3 is 4.90 Å². The predicted molar refractivity (Wildman–Crippen MR) is 63.4 cm³/mol. The van der Waals surface area contributed by atoms with Gasteiger partial charge in [-0.15, -0.1) is 0 Å². The topological polar surface area (TPSA) is 61.4 Å². The lowest BCUT2D eigenvalue weighted by atomic mass is 9.82. The van der Waals surface area contributed by atoms with Gasteiger partial charge in [0.15, 0.2) is 0 Å². The van der Waals surface area contributed by atoms with Gasteiger partial charge in [0.1, 0.15) is 0 Å². The van der Waals surface area contributed by atoms with E-state index in [9.17, 15) is 9.59 Å². The number of carbonyl (C=O) groups is 2. The standard InChI is InChI=1S/C12H17N3O2/c1-3-15(4-2)9-7-5-6-8-10(9)12(17)14-13-11(8)16/h5-8,10H,3-4H2,1-2H3,(H,13,16)(H,14,17). The van der Waals surface area contributed by atoms with Crippen molar-refractivity contribution in [3.05, 3.63) is 23.9 Å². The number of rotatable bonds is 3. The summed E-state index contributed by atoms with van der Waals surface area (Å²) < 4.78 is 0. The van der Waals surface area contributed by atoms with E-state index in [1.165, 1.54) is 0 Å². The van der Waals surface area contributed by atoms with E-state index in [0.29, 0.717) is 0 Å². The molecule has 0 saturated carbocycles. The van der Waals surface area contributed by atoms with Crippen LogP contribution in [0.4, 0.5) is 0 Å². The molecular formula is C12H17N3O2. The van der Waals surface area contributed by atoms with Gasteiger partial charge in [0.25, 0.3) is 0 Å². The molecule has 2 amide bonds. The summed E-state index contributed by atoms with van der Waals surface area (Å²) in [7, 11) is 0. The molecule has 5 heteroatoms. The number of hydrogen-bond donors (Lipinski definition) is 2. The third-order valence-corrected chi connectivity index (χ3v) is 3.29. The van der Waals surface area contributed by atoms with Crippen molar-refractivity contribution in [2.75, 3.05) is 13.1 Å². The lowest BCUT2D eigenvalue weighted by Gasteiger charge is -2.37. The molecule has 2 N–H and O–H groups in total. The van der Waals surface area contributed by atoms with E-state index < -0.39 is 5.92 Å². The van der Waals surface area contributed by atoms with Crippen LogP contribution in [0.3, 0.4) is 0 Å². The summed E-state index contributed by atoms with van der Waals surface area (Å²) >= 11 is 0. The highest BCUT2D eigenvalue weighted by atomic mass is 16.2. The summed E-state index contributed by atoms with van der Waals surface area (Å²) in [5, 5.41) is 0. The first-order valence-electron chi connectivity index (χ1n) is 5.92. The molecule has 2 unspecified atom stereocenters. The fraction of sp³-hybridized carbons (Fsp3) is 0.500. The van der Waals surface area contributed by atoms with Crippen LogP contribution in [0.1, 0.15) is 13.8 Å².